The molecular weight excluding hydrogens is 240 g/mol. The zero-order chi connectivity index (χ0) is 14.2. The molecule has 1 aliphatic heterocycles. The van der Waals surface area contributed by atoms with Crippen LogP contribution < -0.4 is 5.32 Å². The predicted molar refractivity (Wildman–Crippen MR) is 74.5 cm³/mol. The summed E-state index contributed by atoms with van der Waals surface area (Å²) in [6.07, 6.45) is 4.61. The van der Waals surface area contributed by atoms with Crippen molar-refractivity contribution in [3.63, 3.8) is 0 Å². The predicted octanol–water partition coefficient (Wildman–Crippen LogP) is 1.94. The van der Waals surface area contributed by atoms with Crippen LogP contribution >= 0.6 is 0 Å². The molecule has 108 valence electrons. The van der Waals surface area contributed by atoms with Gasteiger partial charge in [0.2, 0.25) is 11.8 Å². The monoisotopic (exact) mass is 266 g/mol. The van der Waals surface area contributed by atoms with Gasteiger partial charge in [-0.2, -0.15) is 0 Å². The fraction of sp³-hybridized carbons (Fsp3) is 0.867. The molecule has 4 nitrogen and oxygen atoms in total. The van der Waals surface area contributed by atoms with Gasteiger partial charge in [0.25, 0.3) is 0 Å². The Labute approximate surface area is 115 Å². The lowest BCUT2D eigenvalue weighted by atomic mass is 9.83. The van der Waals surface area contributed by atoms with Gasteiger partial charge in [0.1, 0.15) is 12.1 Å². The van der Waals surface area contributed by atoms with Crippen molar-refractivity contribution in [1.29, 1.82) is 0 Å². The van der Waals surface area contributed by atoms with Crippen LogP contribution in [0.25, 0.3) is 0 Å². The van der Waals surface area contributed by atoms with Crippen LogP contribution in [0.3, 0.4) is 0 Å². The van der Waals surface area contributed by atoms with E-state index in [1.807, 2.05) is 25.7 Å². The lowest BCUT2D eigenvalue weighted by molar-refractivity contribution is -0.154. The average Bonchev–Trinajstić information content (AvgIpc) is 2.36. The van der Waals surface area contributed by atoms with Crippen LogP contribution in [-0.2, 0) is 9.59 Å². The maximum atomic E-state index is 12.7. The molecule has 0 aromatic carbocycles. The highest BCUT2D eigenvalue weighted by atomic mass is 16.2. The summed E-state index contributed by atoms with van der Waals surface area (Å²) in [6.45, 7) is 8.04. The molecule has 19 heavy (non-hydrogen) atoms. The SMILES string of the molecule is CC(C)C1NC(=O)C(C)N(C2CCCCC2C)C1=O. The molecule has 0 radical (unpaired) electrons. The molecule has 4 heteroatoms. The lowest BCUT2D eigenvalue weighted by Gasteiger charge is -2.46. The van der Waals surface area contributed by atoms with E-state index >= 15 is 0 Å². The van der Waals surface area contributed by atoms with E-state index in [9.17, 15) is 9.59 Å². The topological polar surface area (TPSA) is 49.4 Å². The number of nitrogens with zero attached hydrogens (tertiary/aromatic N) is 1. The van der Waals surface area contributed by atoms with Crippen molar-refractivity contribution in [2.45, 2.75) is 71.5 Å². The summed E-state index contributed by atoms with van der Waals surface area (Å²) in [7, 11) is 0. The van der Waals surface area contributed by atoms with E-state index in [2.05, 4.69) is 12.2 Å². The highest BCUT2D eigenvalue weighted by Gasteiger charge is 2.44. The molecule has 1 saturated carbocycles. The van der Waals surface area contributed by atoms with Crippen LogP contribution in [0, 0.1) is 11.8 Å². The molecule has 2 fully saturated rings. The van der Waals surface area contributed by atoms with Crippen molar-refractivity contribution >= 4 is 11.8 Å². The average molecular weight is 266 g/mol. The van der Waals surface area contributed by atoms with Crippen LogP contribution in [0.4, 0.5) is 0 Å². The van der Waals surface area contributed by atoms with Gasteiger partial charge < -0.3 is 10.2 Å². The summed E-state index contributed by atoms with van der Waals surface area (Å²) in [5, 5.41) is 2.87. The molecule has 4 unspecified atom stereocenters. The highest BCUT2D eigenvalue weighted by molar-refractivity contribution is 5.97. The molecule has 1 N–H and O–H groups in total. The number of carbonyl (C=O) groups is 2. The Hall–Kier alpha value is -1.06. The fourth-order valence-corrected chi connectivity index (χ4v) is 3.43. The Balaban J connectivity index is 2.24. The normalized spacial score (nSPS) is 36.6. The first-order chi connectivity index (χ1) is 8.93. The number of amides is 2. The largest absolute Gasteiger partial charge is 0.342 e. The molecule has 2 rings (SSSR count). The van der Waals surface area contributed by atoms with E-state index in [0.717, 1.165) is 12.8 Å². The molecule has 0 aromatic heterocycles. The van der Waals surface area contributed by atoms with E-state index in [1.54, 1.807) is 0 Å². The Morgan fingerprint density at radius 2 is 1.79 bits per heavy atom. The highest BCUT2D eigenvalue weighted by Crippen LogP contribution is 2.31. The minimum Gasteiger partial charge on any atom is -0.342 e. The minimum atomic E-state index is -0.349. The second-order valence-electron chi connectivity index (χ2n) is 6.48. The first-order valence-corrected chi connectivity index (χ1v) is 7.56. The molecule has 0 spiro atoms. The number of carbonyl (C=O) groups excluding carboxylic acids is 2. The standard InChI is InChI=1S/C15H26N2O2/c1-9(2)13-15(19)17(11(4)14(18)16-13)12-8-6-5-7-10(12)3/h9-13H,5-8H2,1-4H3,(H,16,18). The molecular formula is C15H26N2O2. The smallest absolute Gasteiger partial charge is 0.246 e. The molecule has 0 aromatic rings. The summed E-state index contributed by atoms with van der Waals surface area (Å²) in [6, 6.07) is -0.436. The summed E-state index contributed by atoms with van der Waals surface area (Å²) in [4.78, 5) is 26.7. The Morgan fingerprint density at radius 3 is 2.37 bits per heavy atom. The van der Waals surface area contributed by atoms with Gasteiger partial charge in [-0.1, -0.05) is 33.6 Å². The number of rotatable bonds is 2. The third-order valence-electron chi connectivity index (χ3n) is 4.71. The van der Waals surface area contributed by atoms with Gasteiger partial charge in [0.05, 0.1) is 0 Å². The van der Waals surface area contributed by atoms with Gasteiger partial charge in [-0.3, -0.25) is 9.59 Å². The zero-order valence-electron chi connectivity index (χ0n) is 12.5. The summed E-state index contributed by atoms with van der Waals surface area (Å²) in [5.41, 5.74) is 0. The van der Waals surface area contributed by atoms with E-state index in [1.165, 1.54) is 12.8 Å². The van der Waals surface area contributed by atoms with Crippen molar-refractivity contribution in [2.75, 3.05) is 0 Å². The maximum absolute atomic E-state index is 12.7. The number of hydrogen-bond donors (Lipinski definition) is 1. The minimum absolute atomic E-state index is 0.00364. The van der Waals surface area contributed by atoms with Gasteiger partial charge in [-0.15, -0.1) is 0 Å². The fourth-order valence-electron chi connectivity index (χ4n) is 3.43. The van der Waals surface area contributed by atoms with Crippen LogP contribution in [0.15, 0.2) is 0 Å². The Bertz CT molecular complexity index is 367. The molecule has 2 aliphatic rings. The zero-order valence-corrected chi connectivity index (χ0v) is 12.5. The van der Waals surface area contributed by atoms with Gasteiger partial charge >= 0.3 is 0 Å². The Morgan fingerprint density at radius 1 is 1.16 bits per heavy atom. The molecule has 1 saturated heterocycles. The molecule has 2 amide bonds. The van der Waals surface area contributed by atoms with Crippen molar-refractivity contribution < 1.29 is 9.59 Å². The van der Waals surface area contributed by atoms with E-state index in [4.69, 9.17) is 0 Å². The van der Waals surface area contributed by atoms with E-state index in [-0.39, 0.29) is 35.9 Å². The number of nitrogens with one attached hydrogen (secondary N) is 1. The van der Waals surface area contributed by atoms with Crippen LogP contribution in [0.5, 0.6) is 0 Å². The first-order valence-electron chi connectivity index (χ1n) is 7.56. The molecule has 0 bridgehead atoms. The van der Waals surface area contributed by atoms with Crippen molar-refractivity contribution in [2.24, 2.45) is 11.8 Å². The molecule has 1 aliphatic carbocycles. The number of hydrogen-bond acceptors (Lipinski definition) is 2. The van der Waals surface area contributed by atoms with Gasteiger partial charge in [0.15, 0.2) is 0 Å². The summed E-state index contributed by atoms with van der Waals surface area (Å²) < 4.78 is 0. The van der Waals surface area contributed by atoms with Gasteiger partial charge in [-0.05, 0) is 31.6 Å². The van der Waals surface area contributed by atoms with Crippen LogP contribution in [-0.4, -0.2) is 34.8 Å². The second kappa shape index (κ2) is 5.51. The van der Waals surface area contributed by atoms with Gasteiger partial charge in [-0.25, -0.2) is 0 Å². The third kappa shape index (κ3) is 2.63. The first kappa shape index (κ1) is 14.4. The summed E-state index contributed by atoms with van der Waals surface area (Å²) >= 11 is 0. The second-order valence-corrected chi connectivity index (χ2v) is 6.48. The van der Waals surface area contributed by atoms with E-state index in [0.29, 0.717) is 5.92 Å². The third-order valence-corrected chi connectivity index (χ3v) is 4.71. The van der Waals surface area contributed by atoms with Crippen LogP contribution in [0.1, 0.15) is 53.4 Å². The van der Waals surface area contributed by atoms with Crippen molar-refractivity contribution in [3.8, 4) is 0 Å². The quantitative estimate of drug-likeness (QED) is 0.830. The summed E-state index contributed by atoms with van der Waals surface area (Å²) in [5.74, 6) is 0.751. The van der Waals surface area contributed by atoms with E-state index < -0.39 is 0 Å². The molecule has 1 heterocycles. The Kier molecular flexibility index (Phi) is 4.16. The van der Waals surface area contributed by atoms with Crippen LogP contribution in [0.2, 0.25) is 0 Å². The lowest BCUT2D eigenvalue weighted by Crippen LogP contribution is -2.67. The molecule has 4 atom stereocenters. The van der Waals surface area contributed by atoms with Gasteiger partial charge in [0, 0.05) is 6.04 Å². The maximum Gasteiger partial charge on any atom is 0.246 e. The number of piperazine rings is 1. The van der Waals surface area contributed by atoms with Crippen molar-refractivity contribution in [3.05, 3.63) is 0 Å². The van der Waals surface area contributed by atoms with Crippen molar-refractivity contribution in [1.82, 2.24) is 10.2 Å².